The van der Waals surface area contributed by atoms with Crippen molar-refractivity contribution in [1.29, 1.82) is 0 Å². The molecule has 0 bridgehead atoms. The number of benzene rings is 1. The lowest BCUT2D eigenvalue weighted by molar-refractivity contribution is 0.117. The van der Waals surface area contributed by atoms with Gasteiger partial charge in [0, 0.05) is 37.9 Å². The second kappa shape index (κ2) is 8.34. The summed E-state index contributed by atoms with van der Waals surface area (Å²) in [6.07, 6.45) is 3.03. The highest BCUT2D eigenvalue weighted by Gasteiger charge is 2.24. The number of anilines is 1. The lowest BCUT2D eigenvalue weighted by atomic mass is 10.0. The molecule has 2 rings (SSSR count). The maximum Gasteiger partial charge on any atom is 0.321 e. The van der Waals surface area contributed by atoms with E-state index in [1.54, 1.807) is 0 Å². The van der Waals surface area contributed by atoms with Crippen molar-refractivity contribution in [1.82, 2.24) is 9.80 Å². The van der Waals surface area contributed by atoms with Crippen LogP contribution >= 0.6 is 0 Å². The maximum atomic E-state index is 12.6. The van der Waals surface area contributed by atoms with Crippen molar-refractivity contribution in [3.63, 3.8) is 0 Å². The summed E-state index contributed by atoms with van der Waals surface area (Å²) in [4.78, 5) is 17.1. The smallest absolute Gasteiger partial charge is 0.321 e. The number of piperazine rings is 1. The van der Waals surface area contributed by atoms with Gasteiger partial charge in [0.15, 0.2) is 0 Å². The molecule has 1 saturated heterocycles. The number of urea groups is 1. The van der Waals surface area contributed by atoms with Gasteiger partial charge in [-0.25, -0.2) is 4.79 Å². The Labute approximate surface area is 140 Å². The van der Waals surface area contributed by atoms with Crippen LogP contribution in [0.5, 0.6) is 0 Å². The minimum absolute atomic E-state index is 0.0457. The molecule has 4 nitrogen and oxygen atoms in total. The molecular formula is C19H31N3O. The average Bonchev–Trinajstić information content (AvgIpc) is 2.61. The van der Waals surface area contributed by atoms with Crippen molar-refractivity contribution in [2.24, 2.45) is 0 Å². The Bertz CT molecular complexity index is 499. The largest absolute Gasteiger partial charge is 0.322 e. The zero-order valence-electron chi connectivity index (χ0n) is 15.1. The van der Waals surface area contributed by atoms with Crippen molar-refractivity contribution < 1.29 is 4.79 Å². The highest BCUT2D eigenvalue weighted by Crippen LogP contribution is 2.23. The van der Waals surface area contributed by atoms with Gasteiger partial charge in [0.1, 0.15) is 0 Å². The van der Waals surface area contributed by atoms with Gasteiger partial charge >= 0.3 is 6.03 Å². The highest BCUT2D eigenvalue weighted by atomic mass is 16.2. The van der Waals surface area contributed by atoms with E-state index in [0.717, 1.165) is 51.1 Å². The molecule has 1 N–H and O–H groups in total. The van der Waals surface area contributed by atoms with Gasteiger partial charge in [-0.3, -0.25) is 4.90 Å². The minimum Gasteiger partial charge on any atom is -0.322 e. The van der Waals surface area contributed by atoms with Crippen LogP contribution in [0.3, 0.4) is 0 Å². The second-order valence-electron chi connectivity index (χ2n) is 6.37. The van der Waals surface area contributed by atoms with Crippen LogP contribution in [0.15, 0.2) is 18.2 Å². The van der Waals surface area contributed by atoms with Crippen molar-refractivity contribution in [3.8, 4) is 0 Å². The summed E-state index contributed by atoms with van der Waals surface area (Å²) in [6, 6.07) is 6.95. The van der Waals surface area contributed by atoms with Crippen molar-refractivity contribution in [3.05, 3.63) is 29.3 Å². The Morgan fingerprint density at radius 1 is 1.09 bits per heavy atom. The molecule has 1 unspecified atom stereocenters. The Morgan fingerprint density at radius 3 is 2.13 bits per heavy atom. The van der Waals surface area contributed by atoms with Crippen LogP contribution in [0, 0.1) is 0 Å². The number of nitrogens with zero attached hydrogens (tertiary/aromatic N) is 2. The monoisotopic (exact) mass is 317 g/mol. The molecular weight excluding hydrogens is 286 g/mol. The van der Waals surface area contributed by atoms with Crippen molar-refractivity contribution >= 4 is 11.7 Å². The molecule has 128 valence electrons. The quantitative estimate of drug-likeness (QED) is 0.897. The topological polar surface area (TPSA) is 35.6 Å². The Morgan fingerprint density at radius 2 is 1.65 bits per heavy atom. The third kappa shape index (κ3) is 4.25. The molecule has 23 heavy (non-hydrogen) atoms. The van der Waals surface area contributed by atoms with Gasteiger partial charge < -0.3 is 10.2 Å². The number of carbonyl (C=O) groups excluding carboxylic acids is 1. The van der Waals surface area contributed by atoms with Crippen molar-refractivity contribution in [2.75, 3.05) is 31.5 Å². The predicted octanol–water partition coefficient (Wildman–Crippen LogP) is 3.76. The van der Waals surface area contributed by atoms with E-state index in [1.807, 2.05) is 4.90 Å². The maximum absolute atomic E-state index is 12.6. The third-order valence-corrected chi connectivity index (χ3v) is 5.05. The Hall–Kier alpha value is -1.55. The van der Waals surface area contributed by atoms with Crippen LogP contribution in [0.25, 0.3) is 0 Å². The predicted molar refractivity (Wildman–Crippen MR) is 97.1 cm³/mol. The highest BCUT2D eigenvalue weighted by molar-refractivity contribution is 5.91. The number of aryl methyl sites for hydroxylation is 2. The molecule has 0 radical (unpaired) electrons. The van der Waals surface area contributed by atoms with Crippen LogP contribution in [-0.4, -0.2) is 48.1 Å². The first-order chi connectivity index (χ1) is 11.1. The fourth-order valence-electron chi connectivity index (χ4n) is 3.21. The summed E-state index contributed by atoms with van der Waals surface area (Å²) >= 11 is 0. The van der Waals surface area contributed by atoms with E-state index >= 15 is 0 Å². The number of hydrogen-bond acceptors (Lipinski definition) is 2. The van der Waals surface area contributed by atoms with E-state index < -0.39 is 0 Å². The SMILES string of the molecule is CCc1cccc(CC)c1NC(=O)N1CCN(C(C)CC)CC1. The summed E-state index contributed by atoms with van der Waals surface area (Å²) in [5.41, 5.74) is 3.46. The first-order valence-corrected chi connectivity index (χ1v) is 9.01. The molecule has 0 aromatic heterocycles. The van der Waals surface area contributed by atoms with E-state index in [0.29, 0.717) is 6.04 Å². The van der Waals surface area contributed by atoms with Crippen LogP contribution in [-0.2, 0) is 12.8 Å². The summed E-state index contributed by atoms with van der Waals surface area (Å²) in [7, 11) is 0. The van der Waals surface area contributed by atoms with Gasteiger partial charge in [-0.05, 0) is 37.3 Å². The fraction of sp³-hybridized carbons (Fsp3) is 0.632. The Balaban J connectivity index is 2.01. The van der Waals surface area contributed by atoms with E-state index in [-0.39, 0.29) is 6.03 Å². The number of hydrogen-bond donors (Lipinski definition) is 1. The van der Waals surface area contributed by atoms with Gasteiger partial charge in [0.25, 0.3) is 0 Å². The Kier molecular flexibility index (Phi) is 6.46. The molecule has 1 atom stereocenters. The molecule has 0 saturated carbocycles. The molecule has 4 heteroatoms. The average molecular weight is 317 g/mol. The normalized spacial score (nSPS) is 17.1. The zero-order valence-corrected chi connectivity index (χ0v) is 15.1. The number of amides is 2. The molecule has 1 aromatic carbocycles. The van der Waals surface area contributed by atoms with E-state index in [2.05, 4.69) is 56.1 Å². The number of nitrogens with one attached hydrogen (secondary N) is 1. The van der Waals surface area contributed by atoms with Gasteiger partial charge in [-0.2, -0.15) is 0 Å². The van der Waals surface area contributed by atoms with Gasteiger partial charge in [0.2, 0.25) is 0 Å². The molecule has 1 heterocycles. The fourth-order valence-corrected chi connectivity index (χ4v) is 3.21. The summed E-state index contributed by atoms with van der Waals surface area (Å²) in [5, 5.41) is 3.18. The standard InChI is InChI=1S/C19H31N3O/c1-5-15(4)21-11-13-22(14-12-21)19(23)20-18-16(6-2)9-8-10-17(18)7-3/h8-10,15H,5-7,11-14H2,1-4H3,(H,20,23). The van der Waals surface area contributed by atoms with Crippen LogP contribution in [0.1, 0.15) is 45.2 Å². The van der Waals surface area contributed by atoms with Crippen LogP contribution < -0.4 is 5.32 Å². The van der Waals surface area contributed by atoms with Gasteiger partial charge in [-0.1, -0.05) is 39.0 Å². The molecule has 1 fully saturated rings. The molecule has 1 aliphatic rings. The van der Waals surface area contributed by atoms with Crippen molar-refractivity contribution in [2.45, 2.75) is 53.0 Å². The van der Waals surface area contributed by atoms with E-state index in [9.17, 15) is 4.79 Å². The zero-order chi connectivity index (χ0) is 16.8. The minimum atomic E-state index is 0.0457. The molecule has 1 aliphatic heterocycles. The summed E-state index contributed by atoms with van der Waals surface area (Å²) in [5.74, 6) is 0. The first kappa shape index (κ1) is 17.8. The van der Waals surface area contributed by atoms with E-state index in [4.69, 9.17) is 0 Å². The van der Waals surface area contributed by atoms with Gasteiger partial charge in [0.05, 0.1) is 0 Å². The van der Waals surface area contributed by atoms with Crippen LogP contribution in [0.2, 0.25) is 0 Å². The molecule has 1 aromatic rings. The first-order valence-electron chi connectivity index (χ1n) is 9.01. The van der Waals surface area contributed by atoms with Crippen LogP contribution in [0.4, 0.5) is 10.5 Å². The lowest BCUT2D eigenvalue weighted by Crippen LogP contribution is -2.52. The summed E-state index contributed by atoms with van der Waals surface area (Å²) in [6.45, 7) is 12.3. The van der Waals surface area contributed by atoms with E-state index in [1.165, 1.54) is 11.1 Å². The number of rotatable bonds is 5. The summed E-state index contributed by atoms with van der Waals surface area (Å²) < 4.78 is 0. The van der Waals surface area contributed by atoms with Gasteiger partial charge in [-0.15, -0.1) is 0 Å². The number of para-hydroxylation sites is 1. The lowest BCUT2D eigenvalue weighted by Gasteiger charge is -2.37. The molecule has 2 amide bonds. The molecule has 0 aliphatic carbocycles. The number of carbonyl (C=O) groups is 1. The second-order valence-corrected chi connectivity index (χ2v) is 6.37. The molecule has 0 spiro atoms. The third-order valence-electron chi connectivity index (χ3n) is 5.05.